The van der Waals surface area contributed by atoms with Crippen LogP contribution >= 0.6 is 0 Å². The number of rotatable bonds is 5. The molecule has 2 aromatic carbocycles. The summed E-state index contributed by atoms with van der Waals surface area (Å²) < 4.78 is 7.38. The monoisotopic (exact) mass is 437 g/mol. The van der Waals surface area contributed by atoms with Crippen LogP contribution in [0.4, 0.5) is 11.5 Å². The highest BCUT2D eigenvalue weighted by Gasteiger charge is 2.18. The molecule has 1 fully saturated rings. The molecule has 0 saturated carbocycles. The van der Waals surface area contributed by atoms with E-state index in [4.69, 9.17) is 14.8 Å². The van der Waals surface area contributed by atoms with Gasteiger partial charge < -0.3 is 14.6 Å². The molecule has 1 saturated heterocycles. The maximum atomic E-state index is 5.55. The van der Waals surface area contributed by atoms with Gasteiger partial charge in [0, 0.05) is 47.4 Å². The molecule has 3 aromatic heterocycles. The van der Waals surface area contributed by atoms with E-state index in [0.29, 0.717) is 19.0 Å². The van der Waals surface area contributed by atoms with Crippen LogP contribution in [0, 0.1) is 0 Å². The summed E-state index contributed by atoms with van der Waals surface area (Å²) in [6, 6.07) is 20.3. The average Bonchev–Trinajstić information content (AvgIpc) is 3.49. The molecule has 0 spiro atoms. The maximum absolute atomic E-state index is 5.55. The Morgan fingerprint density at radius 2 is 1.85 bits per heavy atom. The molecule has 1 aliphatic heterocycles. The largest absolute Gasteiger partial charge is 0.378 e. The van der Waals surface area contributed by atoms with Gasteiger partial charge in [-0.2, -0.15) is 5.10 Å². The third-order valence-corrected chi connectivity index (χ3v) is 5.83. The summed E-state index contributed by atoms with van der Waals surface area (Å²) in [4.78, 5) is 10.5. The van der Waals surface area contributed by atoms with Gasteiger partial charge in [-0.15, -0.1) is 5.10 Å². The van der Waals surface area contributed by atoms with E-state index >= 15 is 0 Å². The fourth-order valence-corrected chi connectivity index (χ4v) is 4.17. The number of aromatic nitrogens is 4. The Morgan fingerprint density at radius 1 is 1.03 bits per heavy atom. The number of anilines is 2. The van der Waals surface area contributed by atoms with Gasteiger partial charge in [-0.05, 0) is 6.07 Å². The summed E-state index contributed by atoms with van der Waals surface area (Å²) >= 11 is 0. The third kappa shape index (κ3) is 3.81. The number of morpholine rings is 1. The number of ether oxygens (including phenoxy) is 1. The van der Waals surface area contributed by atoms with E-state index < -0.39 is 0 Å². The number of imidazole rings is 1. The molecule has 0 aliphatic carbocycles. The standard InChI is InChI=1S/C25H23N7O/c1-2-6-18(7-3-1)22-17-32-25(28-22)23(31-10-12-33-13-11-31)14-24(30-32)29-27-16-19-15-26-21-9-5-4-8-20(19)21/h1-9,14-17,26H,10-13H2,(H,29,30). The molecule has 5 aromatic rings. The van der Waals surface area contributed by atoms with E-state index in [1.165, 1.54) is 0 Å². The molecule has 1 aliphatic rings. The zero-order valence-electron chi connectivity index (χ0n) is 18.0. The van der Waals surface area contributed by atoms with Crippen molar-refractivity contribution in [2.75, 3.05) is 36.6 Å². The summed E-state index contributed by atoms with van der Waals surface area (Å²) in [7, 11) is 0. The lowest BCUT2D eigenvalue weighted by molar-refractivity contribution is 0.123. The van der Waals surface area contributed by atoms with Crippen molar-refractivity contribution >= 4 is 34.3 Å². The minimum atomic E-state index is 0.650. The molecule has 0 atom stereocenters. The number of hydrazone groups is 1. The van der Waals surface area contributed by atoms with Crippen molar-refractivity contribution in [1.29, 1.82) is 0 Å². The first-order chi connectivity index (χ1) is 16.3. The fraction of sp³-hybridized carbons (Fsp3) is 0.160. The van der Waals surface area contributed by atoms with Gasteiger partial charge in [0.25, 0.3) is 0 Å². The number of hydrogen-bond acceptors (Lipinski definition) is 6. The molecule has 8 heteroatoms. The molecule has 164 valence electrons. The minimum Gasteiger partial charge on any atom is -0.378 e. The highest BCUT2D eigenvalue weighted by molar-refractivity contribution is 5.99. The molecule has 2 N–H and O–H groups in total. The first kappa shape index (κ1) is 19.5. The van der Waals surface area contributed by atoms with E-state index in [0.717, 1.165) is 52.1 Å². The number of benzene rings is 2. The quantitative estimate of drug-likeness (QED) is 0.319. The molecular weight excluding hydrogens is 414 g/mol. The van der Waals surface area contributed by atoms with Crippen LogP contribution in [0.15, 0.2) is 78.2 Å². The Balaban J connectivity index is 1.36. The summed E-state index contributed by atoms with van der Waals surface area (Å²) in [6.07, 6.45) is 5.72. The molecule has 6 rings (SSSR count). The van der Waals surface area contributed by atoms with Crippen LogP contribution in [-0.2, 0) is 4.74 Å². The molecular formula is C25H23N7O. The van der Waals surface area contributed by atoms with Crippen molar-refractivity contribution in [3.8, 4) is 11.3 Å². The molecule has 0 bridgehead atoms. The van der Waals surface area contributed by atoms with Gasteiger partial charge in [0.15, 0.2) is 11.5 Å². The van der Waals surface area contributed by atoms with Gasteiger partial charge in [-0.25, -0.2) is 9.50 Å². The molecule has 33 heavy (non-hydrogen) atoms. The summed E-state index contributed by atoms with van der Waals surface area (Å²) in [5, 5.41) is 10.3. The van der Waals surface area contributed by atoms with Crippen LogP contribution in [0.25, 0.3) is 27.8 Å². The number of fused-ring (bicyclic) bond motifs is 2. The number of nitrogens with zero attached hydrogens (tertiary/aromatic N) is 5. The smallest absolute Gasteiger partial charge is 0.177 e. The van der Waals surface area contributed by atoms with E-state index in [1.807, 2.05) is 65.6 Å². The van der Waals surface area contributed by atoms with Crippen molar-refractivity contribution in [2.45, 2.75) is 0 Å². The summed E-state index contributed by atoms with van der Waals surface area (Å²) in [6.45, 7) is 3.01. The Hall–Kier alpha value is -4.17. The first-order valence-corrected chi connectivity index (χ1v) is 11.0. The third-order valence-electron chi connectivity index (χ3n) is 5.83. The van der Waals surface area contributed by atoms with Gasteiger partial charge in [-0.1, -0.05) is 48.5 Å². The summed E-state index contributed by atoms with van der Waals surface area (Å²) in [5.41, 5.74) is 8.98. The van der Waals surface area contributed by atoms with Crippen LogP contribution in [0.1, 0.15) is 5.56 Å². The Labute approximate surface area is 190 Å². The van der Waals surface area contributed by atoms with E-state index in [9.17, 15) is 0 Å². The zero-order chi connectivity index (χ0) is 22.0. The van der Waals surface area contributed by atoms with E-state index in [-0.39, 0.29) is 0 Å². The predicted molar refractivity (Wildman–Crippen MR) is 131 cm³/mol. The van der Waals surface area contributed by atoms with Gasteiger partial charge in [-0.3, -0.25) is 5.43 Å². The first-order valence-electron chi connectivity index (χ1n) is 11.0. The van der Waals surface area contributed by atoms with Crippen molar-refractivity contribution in [3.63, 3.8) is 0 Å². The lowest BCUT2D eigenvalue weighted by Gasteiger charge is -2.29. The second-order valence-corrected chi connectivity index (χ2v) is 7.93. The van der Waals surface area contributed by atoms with Gasteiger partial charge in [0.2, 0.25) is 0 Å². The van der Waals surface area contributed by atoms with Gasteiger partial charge in [0.1, 0.15) is 0 Å². The number of hydrogen-bond donors (Lipinski definition) is 2. The highest BCUT2D eigenvalue weighted by atomic mass is 16.5. The zero-order valence-corrected chi connectivity index (χ0v) is 18.0. The predicted octanol–water partition coefficient (Wildman–Crippen LogP) is 4.16. The SMILES string of the molecule is C(=NNc1cc(N2CCOCC2)c2nc(-c3ccccc3)cn2n1)c1c[nH]c2ccccc12. The van der Waals surface area contributed by atoms with E-state index in [2.05, 4.69) is 38.6 Å². The topological polar surface area (TPSA) is 82.8 Å². The van der Waals surface area contributed by atoms with Crippen molar-refractivity contribution in [1.82, 2.24) is 19.6 Å². The number of H-pyrrole nitrogens is 1. The molecule has 4 heterocycles. The molecule has 8 nitrogen and oxygen atoms in total. The Kier molecular flexibility index (Phi) is 4.97. The normalized spacial score (nSPS) is 14.5. The van der Waals surface area contributed by atoms with E-state index in [1.54, 1.807) is 0 Å². The van der Waals surface area contributed by atoms with Crippen LogP contribution in [-0.4, -0.2) is 52.1 Å². The molecule has 0 radical (unpaired) electrons. The van der Waals surface area contributed by atoms with Crippen LogP contribution in [0.3, 0.4) is 0 Å². The number of aromatic amines is 1. The van der Waals surface area contributed by atoms with Crippen molar-refractivity contribution in [2.24, 2.45) is 5.10 Å². The van der Waals surface area contributed by atoms with Crippen LogP contribution in [0.2, 0.25) is 0 Å². The van der Waals surface area contributed by atoms with Crippen molar-refractivity contribution in [3.05, 3.63) is 78.6 Å². The van der Waals surface area contributed by atoms with Gasteiger partial charge in [0.05, 0.1) is 37.0 Å². The minimum absolute atomic E-state index is 0.650. The van der Waals surface area contributed by atoms with Crippen molar-refractivity contribution < 1.29 is 4.74 Å². The Bertz CT molecular complexity index is 1430. The number of nitrogens with one attached hydrogen (secondary N) is 2. The second-order valence-electron chi connectivity index (χ2n) is 7.93. The van der Waals surface area contributed by atoms with Gasteiger partial charge >= 0.3 is 0 Å². The molecule has 0 unspecified atom stereocenters. The van der Waals surface area contributed by atoms with Crippen LogP contribution in [0.5, 0.6) is 0 Å². The number of para-hydroxylation sites is 1. The van der Waals surface area contributed by atoms with Crippen LogP contribution < -0.4 is 10.3 Å². The fourth-order valence-electron chi connectivity index (χ4n) is 4.17. The lowest BCUT2D eigenvalue weighted by atomic mass is 10.2. The Morgan fingerprint density at radius 3 is 2.73 bits per heavy atom. The maximum Gasteiger partial charge on any atom is 0.177 e. The lowest BCUT2D eigenvalue weighted by Crippen LogP contribution is -2.36. The highest BCUT2D eigenvalue weighted by Crippen LogP contribution is 2.28. The second kappa shape index (κ2) is 8.40. The summed E-state index contributed by atoms with van der Waals surface area (Å²) in [5.74, 6) is 0.650. The average molecular weight is 438 g/mol. The molecule has 0 amide bonds.